The molecule has 0 aromatic carbocycles. The molecule has 1 aliphatic rings. The molecule has 0 aliphatic carbocycles. The molecule has 0 radical (unpaired) electrons. The number of carbonyl (C=O) groups is 1. The van der Waals surface area contributed by atoms with Crippen molar-refractivity contribution in [1.29, 1.82) is 0 Å². The van der Waals surface area contributed by atoms with Crippen molar-refractivity contribution in [3.05, 3.63) is 24.0 Å². The second kappa shape index (κ2) is 6.02. The summed E-state index contributed by atoms with van der Waals surface area (Å²) in [7, 11) is 2.14. The molecule has 1 amide bonds. The molecule has 19 heavy (non-hydrogen) atoms. The van der Waals surface area contributed by atoms with Gasteiger partial charge in [0, 0.05) is 32.0 Å². The van der Waals surface area contributed by atoms with Gasteiger partial charge >= 0.3 is 0 Å². The van der Waals surface area contributed by atoms with E-state index in [1.54, 1.807) is 12.4 Å². The summed E-state index contributed by atoms with van der Waals surface area (Å²) < 4.78 is 0. The van der Waals surface area contributed by atoms with Crippen LogP contribution >= 0.6 is 0 Å². The first kappa shape index (κ1) is 13.8. The van der Waals surface area contributed by atoms with E-state index < -0.39 is 5.91 Å². The third-order valence-corrected chi connectivity index (χ3v) is 3.80. The molecule has 5 nitrogen and oxygen atoms in total. The number of hydrogen-bond donors (Lipinski definition) is 1. The third-order valence-electron chi connectivity index (χ3n) is 3.80. The average Bonchev–Trinajstić information content (AvgIpc) is 2.86. The fourth-order valence-electron chi connectivity index (χ4n) is 2.62. The van der Waals surface area contributed by atoms with E-state index >= 15 is 0 Å². The van der Waals surface area contributed by atoms with Gasteiger partial charge in [0.25, 0.3) is 5.91 Å². The van der Waals surface area contributed by atoms with Crippen LogP contribution in [0.4, 0.5) is 5.69 Å². The van der Waals surface area contributed by atoms with Crippen molar-refractivity contribution in [2.45, 2.75) is 13.3 Å². The van der Waals surface area contributed by atoms with Gasteiger partial charge in [-0.15, -0.1) is 0 Å². The Kier molecular flexibility index (Phi) is 4.37. The van der Waals surface area contributed by atoms with Crippen molar-refractivity contribution in [2.75, 3.05) is 38.1 Å². The molecule has 1 aromatic rings. The molecular weight excluding hydrogens is 240 g/mol. The number of aromatic nitrogens is 1. The van der Waals surface area contributed by atoms with Gasteiger partial charge in [-0.3, -0.25) is 9.78 Å². The number of pyridine rings is 1. The molecule has 1 saturated heterocycles. The monoisotopic (exact) mass is 262 g/mol. The number of nitrogens with zero attached hydrogens (tertiary/aromatic N) is 3. The zero-order valence-electron chi connectivity index (χ0n) is 11.7. The number of hydrogen-bond acceptors (Lipinski definition) is 4. The predicted octanol–water partition coefficient (Wildman–Crippen LogP) is 0.959. The quantitative estimate of drug-likeness (QED) is 0.858. The molecule has 1 aliphatic heterocycles. The van der Waals surface area contributed by atoms with E-state index in [-0.39, 0.29) is 0 Å². The van der Waals surface area contributed by atoms with E-state index in [9.17, 15) is 4.79 Å². The fourth-order valence-corrected chi connectivity index (χ4v) is 2.62. The van der Waals surface area contributed by atoms with Crippen LogP contribution in [0.15, 0.2) is 18.5 Å². The molecular formula is C14H22N4O. The molecule has 0 spiro atoms. The Morgan fingerprint density at radius 2 is 2.42 bits per heavy atom. The average molecular weight is 262 g/mol. The van der Waals surface area contributed by atoms with Crippen LogP contribution in [0.25, 0.3) is 0 Å². The zero-order valence-corrected chi connectivity index (χ0v) is 11.7. The fraction of sp³-hybridized carbons (Fsp3) is 0.571. The number of primary amides is 1. The van der Waals surface area contributed by atoms with Gasteiger partial charge in [0.05, 0.1) is 11.3 Å². The summed E-state index contributed by atoms with van der Waals surface area (Å²) in [4.78, 5) is 20.0. The maximum Gasteiger partial charge on any atom is 0.252 e. The van der Waals surface area contributed by atoms with Crippen LogP contribution in [0.1, 0.15) is 23.7 Å². The van der Waals surface area contributed by atoms with Crippen LogP contribution in [0.3, 0.4) is 0 Å². The van der Waals surface area contributed by atoms with Crippen LogP contribution in [-0.2, 0) is 0 Å². The molecule has 1 fully saturated rings. The van der Waals surface area contributed by atoms with Gasteiger partial charge in [0.1, 0.15) is 0 Å². The summed E-state index contributed by atoms with van der Waals surface area (Å²) in [5.41, 5.74) is 6.85. The Bertz CT molecular complexity index is 449. The van der Waals surface area contributed by atoms with Crippen LogP contribution in [0, 0.1) is 5.92 Å². The highest BCUT2D eigenvalue weighted by Gasteiger charge is 2.25. The second-order valence-electron chi connectivity index (χ2n) is 5.21. The van der Waals surface area contributed by atoms with E-state index in [1.165, 1.54) is 0 Å². The number of anilines is 1. The van der Waals surface area contributed by atoms with Crippen molar-refractivity contribution in [2.24, 2.45) is 11.7 Å². The number of amides is 1. The summed E-state index contributed by atoms with van der Waals surface area (Å²) in [5.74, 6) is 0.246. The molecule has 2 N–H and O–H groups in total. The van der Waals surface area contributed by atoms with Crippen molar-refractivity contribution < 1.29 is 4.79 Å². The molecule has 1 aromatic heterocycles. The Hall–Kier alpha value is -1.62. The van der Waals surface area contributed by atoms with Crippen LogP contribution in [0.5, 0.6) is 0 Å². The first-order chi connectivity index (χ1) is 9.11. The van der Waals surface area contributed by atoms with Crippen LogP contribution in [0.2, 0.25) is 0 Å². The molecule has 0 bridgehead atoms. The number of rotatable bonds is 5. The van der Waals surface area contributed by atoms with Crippen LogP contribution in [-0.4, -0.2) is 49.0 Å². The van der Waals surface area contributed by atoms with Gasteiger partial charge in [-0.1, -0.05) is 6.92 Å². The lowest BCUT2D eigenvalue weighted by molar-refractivity contribution is 0.100. The number of carbonyl (C=O) groups excluding carboxylic acids is 1. The first-order valence-electron chi connectivity index (χ1n) is 6.79. The molecule has 5 heteroatoms. The van der Waals surface area contributed by atoms with E-state index in [4.69, 9.17) is 5.73 Å². The van der Waals surface area contributed by atoms with E-state index in [0.717, 1.165) is 38.3 Å². The lowest BCUT2D eigenvalue weighted by atomic mass is 10.1. The van der Waals surface area contributed by atoms with E-state index in [0.29, 0.717) is 11.5 Å². The lowest BCUT2D eigenvalue weighted by Gasteiger charge is -2.22. The highest BCUT2D eigenvalue weighted by molar-refractivity contribution is 5.98. The molecule has 1 atom stereocenters. The summed E-state index contributed by atoms with van der Waals surface area (Å²) in [6, 6.07) is 1.88. The highest BCUT2D eigenvalue weighted by Crippen LogP contribution is 2.26. The van der Waals surface area contributed by atoms with Gasteiger partial charge in [0.2, 0.25) is 0 Å². The Balaban J connectivity index is 2.07. The topological polar surface area (TPSA) is 62.5 Å². The maximum atomic E-state index is 11.4. The molecule has 0 saturated carbocycles. The minimum Gasteiger partial charge on any atom is -0.370 e. The molecule has 2 rings (SSSR count). The second-order valence-corrected chi connectivity index (χ2v) is 5.21. The largest absolute Gasteiger partial charge is 0.370 e. The zero-order chi connectivity index (χ0) is 13.8. The van der Waals surface area contributed by atoms with Crippen molar-refractivity contribution in [3.8, 4) is 0 Å². The van der Waals surface area contributed by atoms with Crippen molar-refractivity contribution >= 4 is 11.6 Å². The van der Waals surface area contributed by atoms with Gasteiger partial charge in [-0.2, -0.15) is 0 Å². The maximum absolute atomic E-state index is 11.4. The Morgan fingerprint density at radius 3 is 3.11 bits per heavy atom. The minimum atomic E-state index is -0.405. The van der Waals surface area contributed by atoms with Gasteiger partial charge in [-0.05, 0) is 32.0 Å². The Morgan fingerprint density at radius 1 is 1.63 bits per heavy atom. The third kappa shape index (κ3) is 3.23. The van der Waals surface area contributed by atoms with E-state index in [2.05, 4.69) is 28.8 Å². The molecule has 2 heterocycles. The SMILES string of the molecule is CCN(C)CC1CCN(c2ccncc2C(N)=O)C1. The summed E-state index contributed by atoms with van der Waals surface area (Å²) in [5, 5.41) is 0. The normalized spacial score (nSPS) is 19.1. The predicted molar refractivity (Wildman–Crippen MR) is 76.2 cm³/mol. The first-order valence-corrected chi connectivity index (χ1v) is 6.79. The highest BCUT2D eigenvalue weighted by atomic mass is 16.1. The van der Waals surface area contributed by atoms with Crippen molar-refractivity contribution in [3.63, 3.8) is 0 Å². The van der Waals surface area contributed by atoms with Gasteiger partial charge in [0.15, 0.2) is 0 Å². The van der Waals surface area contributed by atoms with Gasteiger partial charge in [-0.25, -0.2) is 0 Å². The molecule has 1 unspecified atom stereocenters. The lowest BCUT2D eigenvalue weighted by Crippen LogP contribution is -2.29. The standard InChI is InChI=1S/C14H22N4O/c1-3-17(2)9-11-5-7-18(10-11)13-4-6-16-8-12(13)14(15)19/h4,6,8,11H,3,5,7,9-10H2,1-2H3,(H2,15,19). The minimum absolute atomic E-state index is 0.405. The van der Waals surface area contributed by atoms with Crippen molar-refractivity contribution in [1.82, 2.24) is 9.88 Å². The van der Waals surface area contributed by atoms with Gasteiger partial charge < -0.3 is 15.5 Å². The summed E-state index contributed by atoms with van der Waals surface area (Å²) >= 11 is 0. The van der Waals surface area contributed by atoms with Crippen LogP contribution < -0.4 is 10.6 Å². The summed E-state index contributed by atoms with van der Waals surface area (Å²) in [6.07, 6.45) is 4.43. The summed E-state index contributed by atoms with van der Waals surface area (Å²) in [6.45, 7) is 6.30. The Labute approximate surface area is 114 Å². The smallest absolute Gasteiger partial charge is 0.252 e. The van der Waals surface area contributed by atoms with E-state index in [1.807, 2.05) is 6.07 Å². The number of nitrogens with two attached hydrogens (primary N) is 1. The molecule has 104 valence electrons.